The summed E-state index contributed by atoms with van der Waals surface area (Å²) in [6.45, 7) is 1.92. The highest BCUT2D eigenvalue weighted by Gasteiger charge is 2.20. The molecule has 0 radical (unpaired) electrons. The first-order valence-electron chi connectivity index (χ1n) is 3.59. The van der Waals surface area contributed by atoms with Gasteiger partial charge in [-0.1, -0.05) is 0 Å². The Balaban J connectivity index is 2.59. The number of H-pyrrole nitrogens is 1. The Hall–Kier alpha value is -1.36. The number of rotatable bonds is 3. The van der Waals surface area contributed by atoms with Gasteiger partial charge in [-0.2, -0.15) is 0 Å². The van der Waals surface area contributed by atoms with E-state index in [-0.39, 0.29) is 12.4 Å². The predicted molar refractivity (Wildman–Crippen MR) is 40.2 cm³/mol. The van der Waals surface area contributed by atoms with Crippen molar-refractivity contribution in [3.8, 4) is 0 Å². The first kappa shape index (κ1) is 8.73. The molecule has 12 heavy (non-hydrogen) atoms. The van der Waals surface area contributed by atoms with Crippen molar-refractivity contribution in [3.05, 3.63) is 18.2 Å². The SMILES string of the molecule is CCOC(=O)C(O)c1ncc[nH]1. The quantitative estimate of drug-likeness (QED) is 0.626. The first-order chi connectivity index (χ1) is 5.75. The minimum atomic E-state index is -1.31. The van der Waals surface area contributed by atoms with Crippen LogP contribution in [0.4, 0.5) is 0 Å². The van der Waals surface area contributed by atoms with Crippen LogP contribution in [0.1, 0.15) is 18.9 Å². The molecule has 5 nitrogen and oxygen atoms in total. The molecule has 0 aliphatic rings. The van der Waals surface area contributed by atoms with Crippen LogP contribution in [0.25, 0.3) is 0 Å². The molecule has 1 heterocycles. The smallest absolute Gasteiger partial charge is 0.342 e. The van der Waals surface area contributed by atoms with Crippen molar-refractivity contribution in [2.45, 2.75) is 13.0 Å². The zero-order valence-corrected chi connectivity index (χ0v) is 6.65. The summed E-state index contributed by atoms with van der Waals surface area (Å²) >= 11 is 0. The molecular formula is C7H10N2O3. The van der Waals surface area contributed by atoms with Gasteiger partial charge in [0.2, 0.25) is 6.10 Å². The maximum Gasteiger partial charge on any atom is 0.342 e. The van der Waals surface area contributed by atoms with Gasteiger partial charge in [0, 0.05) is 12.4 Å². The average molecular weight is 170 g/mol. The minimum Gasteiger partial charge on any atom is -0.464 e. The highest BCUT2D eigenvalue weighted by atomic mass is 16.5. The third kappa shape index (κ3) is 1.82. The number of carbonyl (C=O) groups is 1. The monoisotopic (exact) mass is 170 g/mol. The van der Waals surface area contributed by atoms with E-state index >= 15 is 0 Å². The molecule has 66 valence electrons. The van der Waals surface area contributed by atoms with Crippen LogP contribution in [0, 0.1) is 0 Å². The lowest BCUT2D eigenvalue weighted by Crippen LogP contribution is -2.16. The normalized spacial score (nSPS) is 12.5. The molecule has 0 amide bonds. The van der Waals surface area contributed by atoms with Crippen LogP contribution in [-0.2, 0) is 9.53 Å². The Morgan fingerprint density at radius 1 is 1.92 bits per heavy atom. The average Bonchev–Trinajstić information content (AvgIpc) is 2.55. The summed E-state index contributed by atoms with van der Waals surface area (Å²) < 4.78 is 4.58. The first-order valence-corrected chi connectivity index (χ1v) is 3.59. The highest BCUT2D eigenvalue weighted by Crippen LogP contribution is 2.07. The lowest BCUT2D eigenvalue weighted by atomic mass is 10.3. The van der Waals surface area contributed by atoms with Gasteiger partial charge in [-0.3, -0.25) is 0 Å². The molecule has 0 saturated carbocycles. The molecule has 0 spiro atoms. The summed E-state index contributed by atoms with van der Waals surface area (Å²) in [5.74, 6) is -0.485. The summed E-state index contributed by atoms with van der Waals surface area (Å²) in [6, 6.07) is 0. The van der Waals surface area contributed by atoms with Crippen molar-refractivity contribution >= 4 is 5.97 Å². The van der Waals surface area contributed by atoms with E-state index in [1.165, 1.54) is 12.4 Å². The van der Waals surface area contributed by atoms with Crippen LogP contribution in [0.2, 0.25) is 0 Å². The molecular weight excluding hydrogens is 160 g/mol. The molecule has 0 bridgehead atoms. The van der Waals surface area contributed by atoms with Gasteiger partial charge >= 0.3 is 5.97 Å². The fraction of sp³-hybridized carbons (Fsp3) is 0.429. The molecule has 2 N–H and O–H groups in total. The summed E-state index contributed by atoms with van der Waals surface area (Å²) in [5.41, 5.74) is 0. The minimum absolute atomic E-state index is 0.202. The van der Waals surface area contributed by atoms with Gasteiger partial charge in [-0.05, 0) is 6.92 Å². The Bertz CT molecular complexity index is 245. The van der Waals surface area contributed by atoms with Crippen molar-refractivity contribution in [3.63, 3.8) is 0 Å². The number of nitrogens with one attached hydrogen (secondary N) is 1. The second-order valence-corrected chi connectivity index (χ2v) is 2.13. The number of aliphatic hydroxyl groups is 1. The molecule has 0 aliphatic heterocycles. The number of aromatic nitrogens is 2. The van der Waals surface area contributed by atoms with E-state index < -0.39 is 12.1 Å². The van der Waals surface area contributed by atoms with Crippen LogP contribution in [0.5, 0.6) is 0 Å². The van der Waals surface area contributed by atoms with E-state index in [1.807, 2.05) is 0 Å². The molecule has 1 aromatic heterocycles. The number of aromatic amines is 1. The predicted octanol–water partition coefficient (Wildman–Crippen LogP) is 0.00620. The highest BCUT2D eigenvalue weighted by molar-refractivity contribution is 5.75. The van der Waals surface area contributed by atoms with E-state index in [2.05, 4.69) is 14.7 Å². The number of hydrogen-bond acceptors (Lipinski definition) is 4. The van der Waals surface area contributed by atoms with Crippen molar-refractivity contribution in [1.82, 2.24) is 9.97 Å². The lowest BCUT2D eigenvalue weighted by molar-refractivity contribution is -0.153. The number of hydrogen-bond donors (Lipinski definition) is 2. The summed E-state index contributed by atoms with van der Waals surface area (Å²) in [5, 5.41) is 9.24. The molecule has 1 unspecified atom stereocenters. The Kier molecular flexibility index (Phi) is 2.82. The van der Waals surface area contributed by atoms with Crippen LogP contribution in [0.3, 0.4) is 0 Å². The standard InChI is InChI=1S/C7H10N2O3/c1-2-12-7(11)5(10)6-8-3-4-9-6/h3-5,10H,2H2,1H3,(H,8,9). The molecule has 1 atom stereocenters. The second-order valence-electron chi connectivity index (χ2n) is 2.13. The zero-order chi connectivity index (χ0) is 8.97. The lowest BCUT2D eigenvalue weighted by Gasteiger charge is -2.05. The largest absolute Gasteiger partial charge is 0.464 e. The number of ether oxygens (including phenoxy) is 1. The Labute approximate surface area is 69.4 Å². The maximum atomic E-state index is 10.9. The van der Waals surface area contributed by atoms with Crippen LogP contribution >= 0.6 is 0 Å². The fourth-order valence-corrected chi connectivity index (χ4v) is 0.760. The van der Waals surface area contributed by atoms with Gasteiger partial charge in [0.25, 0.3) is 0 Å². The van der Waals surface area contributed by atoms with Gasteiger partial charge in [0.15, 0.2) is 0 Å². The van der Waals surface area contributed by atoms with Crippen molar-refractivity contribution in [2.24, 2.45) is 0 Å². The van der Waals surface area contributed by atoms with Gasteiger partial charge in [-0.25, -0.2) is 9.78 Å². The molecule has 0 saturated heterocycles. The fourth-order valence-electron chi connectivity index (χ4n) is 0.760. The molecule has 5 heteroatoms. The van der Waals surface area contributed by atoms with Crippen molar-refractivity contribution in [2.75, 3.05) is 6.61 Å². The van der Waals surface area contributed by atoms with Gasteiger partial charge in [0.05, 0.1) is 6.61 Å². The molecule has 0 fully saturated rings. The van der Waals surface area contributed by atoms with E-state index in [4.69, 9.17) is 0 Å². The summed E-state index contributed by atoms with van der Waals surface area (Å²) in [7, 11) is 0. The number of aliphatic hydroxyl groups excluding tert-OH is 1. The molecule has 0 aromatic carbocycles. The Morgan fingerprint density at radius 2 is 2.67 bits per heavy atom. The molecule has 1 rings (SSSR count). The Morgan fingerprint density at radius 3 is 3.17 bits per heavy atom. The van der Waals surface area contributed by atoms with Crippen molar-refractivity contribution < 1.29 is 14.6 Å². The molecule has 0 aliphatic carbocycles. The number of esters is 1. The summed E-state index contributed by atoms with van der Waals surface area (Å²) in [6.07, 6.45) is 1.68. The maximum absolute atomic E-state index is 10.9. The van der Waals surface area contributed by atoms with Crippen LogP contribution in [-0.4, -0.2) is 27.7 Å². The number of carbonyl (C=O) groups excluding carboxylic acids is 1. The third-order valence-electron chi connectivity index (χ3n) is 1.29. The van der Waals surface area contributed by atoms with E-state index in [0.717, 1.165) is 0 Å². The number of nitrogens with zero attached hydrogens (tertiary/aromatic N) is 1. The van der Waals surface area contributed by atoms with Crippen LogP contribution < -0.4 is 0 Å². The van der Waals surface area contributed by atoms with Crippen LogP contribution in [0.15, 0.2) is 12.4 Å². The topological polar surface area (TPSA) is 75.2 Å². The number of imidazole rings is 1. The van der Waals surface area contributed by atoms with Gasteiger partial charge in [0.1, 0.15) is 5.82 Å². The van der Waals surface area contributed by atoms with E-state index in [9.17, 15) is 9.90 Å². The summed E-state index contributed by atoms with van der Waals surface area (Å²) in [4.78, 5) is 17.2. The van der Waals surface area contributed by atoms with E-state index in [0.29, 0.717) is 0 Å². The van der Waals surface area contributed by atoms with Gasteiger partial charge in [-0.15, -0.1) is 0 Å². The van der Waals surface area contributed by atoms with Gasteiger partial charge < -0.3 is 14.8 Å². The zero-order valence-electron chi connectivity index (χ0n) is 6.65. The van der Waals surface area contributed by atoms with Crippen molar-refractivity contribution in [1.29, 1.82) is 0 Å². The molecule has 1 aromatic rings. The second kappa shape index (κ2) is 3.87. The third-order valence-corrected chi connectivity index (χ3v) is 1.29. The van der Waals surface area contributed by atoms with E-state index in [1.54, 1.807) is 6.92 Å².